The van der Waals surface area contributed by atoms with Crippen LogP contribution in [0.2, 0.25) is 0 Å². The first-order chi connectivity index (χ1) is 8.88. The number of H-pyrrole nitrogens is 2. The van der Waals surface area contributed by atoms with Crippen molar-refractivity contribution < 1.29 is 5.11 Å². The van der Waals surface area contributed by atoms with Crippen molar-refractivity contribution >= 4 is 10.9 Å². The molecule has 0 saturated carbocycles. The number of nitrogens with one attached hydrogen (secondary N) is 2. The molecule has 0 saturated heterocycles. The summed E-state index contributed by atoms with van der Waals surface area (Å²) in [6.45, 7) is 0. The first kappa shape index (κ1) is 10.5. The minimum absolute atomic E-state index is 0.604. The fourth-order valence-electron chi connectivity index (χ4n) is 1.88. The average Bonchev–Trinajstić information content (AvgIpc) is 3.05. The van der Waals surface area contributed by atoms with Gasteiger partial charge in [-0.2, -0.15) is 10.2 Å². The van der Waals surface area contributed by atoms with Gasteiger partial charge in [0.2, 0.25) is 0 Å². The summed E-state index contributed by atoms with van der Waals surface area (Å²) in [6.07, 6.45) is 4.78. The Bertz CT molecular complexity index is 684. The van der Waals surface area contributed by atoms with Gasteiger partial charge in [0.15, 0.2) is 5.82 Å². The molecule has 3 aromatic rings. The fraction of sp³-hybridized carbons (Fsp3) is 0.0833. The summed E-state index contributed by atoms with van der Waals surface area (Å²) in [7, 11) is 0. The number of aliphatic hydroxyl groups is 1. The van der Waals surface area contributed by atoms with Crippen molar-refractivity contribution in [1.82, 2.24) is 25.4 Å². The van der Waals surface area contributed by atoms with Gasteiger partial charge >= 0.3 is 0 Å². The third kappa shape index (κ3) is 1.73. The first-order valence-electron chi connectivity index (χ1n) is 5.50. The Morgan fingerprint density at radius 1 is 1.28 bits per heavy atom. The molecule has 0 unspecified atom stereocenters. The lowest BCUT2D eigenvalue weighted by Crippen LogP contribution is -1.84. The monoisotopic (exact) mass is 241 g/mol. The quantitative estimate of drug-likeness (QED) is 0.611. The van der Waals surface area contributed by atoms with Gasteiger partial charge in [0.25, 0.3) is 0 Å². The van der Waals surface area contributed by atoms with Crippen molar-refractivity contribution in [3.63, 3.8) is 0 Å². The van der Waals surface area contributed by atoms with Crippen LogP contribution in [-0.2, 0) is 6.42 Å². The van der Waals surface area contributed by atoms with Crippen molar-refractivity contribution in [1.29, 1.82) is 0 Å². The summed E-state index contributed by atoms with van der Waals surface area (Å²) in [4.78, 5) is 4.12. The summed E-state index contributed by atoms with van der Waals surface area (Å²) in [5.74, 6) is 0.724. The number of benzene rings is 1. The lowest BCUT2D eigenvalue weighted by Gasteiger charge is -1.97. The van der Waals surface area contributed by atoms with E-state index in [-0.39, 0.29) is 0 Å². The van der Waals surface area contributed by atoms with Crippen LogP contribution >= 0.6 is 0 Å². The molecule has 3 N–H and O–H groups in total. The van der Waals surface area contributed by atoms with Gasteiger partial charge < -0.3 is 5.11 Å². The van der Waals surface area contributed by atoms with E-state index >= 15 is 0 Å². The summed E-state index contributed by atoms with van der Waals surface area (Å²) in [5.41, 5.74) is 2.80. The van der Waals surface area contributed by atoms with Crippen LogP contribution in [0.15, 0.2) is 36.9 Å². The highest BCUT2D eigenvalue weighted by Gasteiger charge is 2.07. The number of aromatic nitrogens is 5. The van der Waals surface area contributed by atoms with Crippen LogP contribution in [0.1, 0.15) is 5.69 Å². The van der Waals surface area contributed by atoms with E-state index in [2.05, 4.69) is 25.4 Å². The predicted octanol–water partition coefficient (Wildman–Crippen LogP) is 1.96. The van der Waals surface area contributed by atoms with E-state index in [4.69, 9.17) is 5.11 Å². The molecule has 6 heteroatoms. The molecule has 2 heterocycles. The highest BCUT2D eigenvalue weighted by Crippen LogP contribution is 2.23. The third-order valence-electron chi connectivity index (χ3n) is 2.75. The molecule has 18 heavy (non-hydrogen) atoms. The highest BCUT2D eigenvalue weighted by molar-refractivity contribution is 5.85. The predicted molar refractivity (Wildman–Crippen MR) is 66.9 cm³/mol. The van der Waals surface area contributed by atoms with Crippen LogP contribution in [0.25, 0.3) is 22.3 Å². The number of aromatic amines is 2. The number of allylic oxidation sites excluding steroid dienone is 1. The van der Waals surface area contributed by atoms with Gasteiger partial charge in [-0.15, -0.1) is 0 Å². The lowest BCUT2D eigenvalue weighted by atomic mass is 10.1. The third-order valence-corrected chi connectivity index (χ3v) is 2.75. The van der Waals surface area contributed by atoms with E-state index in [9.17, 15) is 0 Å². The number of nitrogens with zero attached hydrogens (tertiary/aromatic N) is 3. The fourth-order valence-corrected chi connectivity index (χ4v) is 1.88. The Morgan fingerprint density at radius 2 is 2.22 bits per heavy atom. The summed E-state index contributed by atoms with van der Waals surface area (Å²) in [6, 6.07) is 5.87. The van der Waals surface area contributed by atoms with Gasteiger partial charge in [-0.3, -0.25) is 10.2 Å². The maximum absolute atomic E-state index is 8.70. The molecule has 0 aliphatic heterocycles. The zero-order valence-corrected chi connectivity index (χ0v) is 9.46. The number of aliphatic hydroxyl groups excluding tert-OH is 1. The molecule has 0 bridgehead atoms. The van der Waals surface area contributed by atoms with Crippen molar-refractivity contribution in [2.45, 2.75) is 6.42 Å². The van der Waals surface area contributed by atoms with Crippen LogP contribution in [-0.4, -0.2) is 30.5 Å². The maximum atomic E-state index is 8.70. The van der Waals surface area contributed by atoms with Crippen LogP contribution in [0.4, 0.5) is 0 Å². The molecule has 0 fully saturated rings. The molecule has 0 amide bonds. The Labute approximate surface area is 102 Å². The maximum Gasteiger partial charge on any atom is 0.155 e. The van der Waals surface area contributed by atoms with Gasteiger partial charge in [0, 0.05) is 23.1 Å². The van der Waals surface area contributed by atoms with E-state index in [1.165, 1.54) is 6.33 Å². The summed E-state index contributed by atoms with van der Waals surface area (Å²) < 4.78 is 0. The summed E-state index contributed by atoms with van der Waals surface area (Å²) in [5, 5.41) is 23.6. The van der Waals surface area contributed by atoms with E-state index in [0.29, 0.717) is 6.42 Å². The van der Waals surface area contributed by atoms with Crippen LogP contribution in [0.5, 0.6) is 0 Å². The SMILES string of the molecule is O/C=C/Cc1[nH]nc2ccc(-c3ncn[nH]3)cc12. The first-order valence-corrected chi connectivity index (χ1v) is 5.50. The van der Waals surface area contributed by atoms with Crippen molar-refractivity contribution in [3.05, 3.63) is 42.6 Å². The molecule has 1 aromatic carbocycles. The second kappa shape index (κ2) is 4.33. The molecule has 90 valence electrons. The van der Waals surface area contributed by atoms with Crippen molar-refractivity contribution in [2.24, 2.45) is 0 Å². The van der Waals surface area contributed by atoms with Gasteiger partial charge in [-0.05, 0) is 24.3 Å². The molecule has 0 aliphatic rings. The van der Waals surface area contributed by atoms with Gasteiger partial charge in [-0.1, -0.05) is 0 Å². The minimum Gasteiger partial charge on any atom is -0.516 e. The van der Waals surface area contributed by atoms with Crippen LogP contribution in [0.3, 0.4) is 0 Å². The molecular weight excluding hydrogens is 230 g/mol. The van der Waals surface area contributed by atoms with Crippen molar-refractivity contribution in [3.8, 4) is 11.4 Å². The molecular formula is C12H11N5O. The van der Waals surface area contributed by atoms with Crippen LogP contribution < -0.4 is 0 Å². The zero-order chi connectivity index (χ0) is 12.4. The largest absolute Gasteiger partial charge is 0.516 e. The topological polar surface area (TPSA) is 90.5 Å². The van der Waals surface area contributed by atoms with E-state index < -0.39 is 0 Å². The Balaban J connectivity index is 2.09. The number of rotatable bonds is 3. The van der Waals surface area contributed by atoms with Crippen molar-refractivity contribution in [2.75, 3.05) is 0 Å². The summed E-state index contributed by atoms with van der Waals surface area (Å²) >= 11 is 0. The highest BCUT2D eigenvalue weighted by atomic mass is 16.2. The molecule has 0 spiro atoms. The Hall–Kier alpha value is -2.63. The zero-order valence-electron chi connectivity index (χ0n) is 9.46. The lowest BCUT2D eigenvalue weighted by molar-refractivity contribution is 0.471. The molecule has 0 atom stereocenters. The van der Waals surface area contributed by atoms with Gasteiger partial charge in [0.05, 0.1) is 11.8 Å². The molecule has 2 aromatic heterocycles. The van der Waals surface area contributed by atoms with Crippen LogP contribution in [0, 0.1) is 0 Å². The second-order valence-electron chi connectivity index (χ2n) is 3.86. The van der Waals surface area contributed by atoms with E-state index in [1.807, 2.05) is 18.2 Å². The normalized spacial score (nSPS) is 11.6. The smallest absolute Gasteiger partial charge is 0.155 e. The van der Waals surface area contributed by atoms with E-state index in [0.717, 1.165) is 34.2 Å². The standard InChI is InChI=1S/C12H11N5O/c18-5-1-2-10-9-6-8(12-13-7-14-17-12)3-4-11(9)16-15-10/h1,3-7,18H,2H2,(H,15,16)(H,13,14,17)/b5-1+. The molecule has 0 radical (unpaired) electrons. The Kier molecular flexibility index (Phi) is 2.53. The molecule has 3 rings (SSSR count). The number of hydrogen-bond acceptors (Lipinski definition) is 4. The second-order valence-corrected chi connectivity index (χ2v) is 3.86. The molecule has 6 nitrogen and oxygen atoms in total. The van der Waals surface area contributed by atoms with Gasteiger partial charge in [0.1, 0.15) is 6.33 Å². The Morgan fingerprint density at radius 3 is 3.00 bits per heavy atom. The van der Waals surface area contributed by atoms with E-state index in [1.54, 1.807) is 6.08 Å². The number of hydrogen-bond donors (Lipinski definition) is 3. The average molecular weight is 241 g/mol. The minimum atomic E-state index is 0.604. The number of fused-ring (bicyclic) bond motifs is 1. The van der Waals surface area contributed by atoms with Gasteiger partial charge in [-0.25, -0.2) is 4.98 Å². The molecule has 0 aliphatic carbocycles.